The Labute approximate surface area is 121 Å². The second-order valence-electron chi connectivity index (χ2n) is 6.15. The molecule has 0 spiro atoms. The first-order chi connectivity index (χ1) is 9.74. The minimum Gasteiger partial charge on any atom is -0.310 e. The Kier molecular flexibility index (Phi) is 4.02. The van der Waals surface area contributed by atoms with Crippen molar-refractivity contribution in [2.45, 2.75) is 52.1 Å². The predicted molar refractivity (Wildman–Crippen MR) is 84.7 cm³/mol. The standard InChI is InChI=1S/C18H24N2/c1-13-11-16(17-9-5-6-10-18(17)20-13)12-19-14(2)15-7-3-4-8-15/h5-6,9-11,14-15,19H,3-4,7-8,12H2,1-2H3/t14-/m1/s1. The highest BCUT2D eigenvalue weighted by atomic mass is 14.9. The third-order valence-corrected chi connectivity index (χ3v) is 4.65. The monoisotopic (exact) mass is 268 g/mol. The van der Waals surface area contributed by atoms with Crippen LogP contribution in [0.5, 0.6) is 0 Å². The molecule has 2 aromatic rings. The van der Waals surface area contributed by atoms with Crippen molar-refractivity contribution < 1.29 is 0 Å². The summed E-state index contributed by atoms with van der Waals surface area (Å²) in [7, 11) is 0. The lowest BCUT2D eigenvalue weighted by molar-refractivity contribution is 0.381. The van der Waals surface area contributed by atoms with E-state index in [0.29, 0.717) is 6.04 Å². The molecule has 1 heterocycles. The molecule has 1 atom stereocenters. The lowest BCUT2D eigenvalue weighted by Gasteiger charge is -2.21. The van der Waals surface area contributed by atoms with Gasteiger partial charge in [0.25, 0.3) is 0 Å². The molecule has 106 valence electrons. The van der Waals surface area contributed by atoms with Gasteiger partial charge in [-0.25, -0.2) is 0 Å². The Morgan fingerprint density at radius 2 is 2.00 bits per heavy atom. The molecule has 1 aliphatic rings. The van der Waals surface area contributed by atoms with Gasteiger partial charge in [0.05, 0.1) is 5.52 Å². The average molecular weight is 268 g/mol. The molecule has 1 saturated carbocycles. The van der Waals surface area contributed by atoms with Gasteiger partial charge in [-0.05, 0) is 50.3 Å². The van der Waals surface area contributed by atoms with Crippen LogP contribution in [-0.4, -0.2) is 11.0 Å². The maximum absolute atomic E-state index is 4.61. The van der Waals surface area contributed by atoms with Gasteiger partial charge in [-0.15, -0.1) is 0 Å². The van der Waals surface area contributed by atoms with Gasteiger partial charge in [-0.3, -0.25) is 4.98 Å². The lowest BCUT2D eigenvalue weighted by atomic mass is 9.99. The molecular formula is C18H24N2. The molecule has 0 unspecified atom stereocenters. The van der Waals surface area contributed by atoms with E-state index in [1.165, 1.54) is 36.6 Å². The van der Waals surface area contributed by atoms with Crippen molar-refractivity contribution >= 4 is 10.9 Å². The van der Waals surface area contributed by atoms with Crippen molar-refractivity contribution in [3.8, 4) is 0 Å². The summed E-state index contributed by atoms with van der Waals surface area (Å²) in [6.07, 6.45) is 5.61. The number of benzene rings is 1. The van der Waals surface area contributed by atoms with E-state index in [2.05, 4.69) is 54.5 Å². The number of nitrogens with one attached hydrogen (secondary N) is 1. The minimum atomic E-state index is 0.615. The summed E-state index contributed by atoms with van der Waals surface area (Å²) >= 11 is 0. The molecule has 1 N–H and O–H groups in total. The second-order valence-corrected chi connectivity index (χ2v) is 6.15. The summed E-state index contributed by atoms with van der Waals surface area (Å²) < 4.78 is 0. The van der Waals surface area contributed by atoms with Gasteiger partial charge in [-0.1, -0.05) is 31.0 Å². The lowest BCUT2D eigenvalue weighted by Crippen LogP contribution is -2.31. The normalized spacial score (nSPS) is 17.7. The van der Waals surface area contributed by atoms with E-state index in [1.54, 1.807) is 0 Å². The Bertz CT molecular complexity index is 585. The van der Waals surface area contributed by atoms with Crippen molar-refractivity contribution in [2.75, 3.05) is 0 Å². The van der Waals surface area contributed by atoms with Gasteiger partial charge >= 0.3 is 0 Å². The molecule has 1 aromatic heterocycles. The second kappa shape index (κ2) is 5.92. The number of rotatable bonds is 4. The van der Waals surface area contributed by atoms with Crippen LogP contribution < -0.4 is 5.32 Å². The fraction of sp³-hybridized carbons (Fsp3) is 0.500. The zero-order valence-corrected chi connectivity index (χ0v) is 12.5. The molecule has 0 radical (unpaired) electrons. The van der Waals surface area contributed by atoms with E-state index in [4.69, 9.17) is 0 Å². The molecule has 1 aromatic carbocycles. The highest BCUT2D eigenvalue weighted by Gasteiger charge is 2.21. The molecule has 2 nitrogen and oxygen atoms in total. The van der Waals surface area contributed by atoms with Gasteiger partial charge in [0.15, 0.2) is 0 Å². The summed E-state index contributed by atoms with van der Waals surface area (Å²) in [5, 5.41) is 5.01. The Balaban J connectivity index is 1.76. The number of hydrogen-bond donors (Lipinski definition) is 1. The smallest absolute Gasteiger partial charge is 0.0708 e. The molecule has 0 bridgehead atoms. The summed E-state index contributed by atoms with van der Waals surface area (Å²) in [5.41, 5.74) is 3.59. The minimum absolute atomic E-state index is 0.615. The predicted octanol–water partition coefficient (Wildman–Crippen LogP) is 4.21. The van der Waals surface area contributed by atoms with Crippen LogP contribution in [0.2, 0.25) is 0 Å². The first-order valence-electron chi connectivity index (χ1n) is 7.82. The van der Waals surface area contributed by atoms with E-state index < -0.39 is 0 Å². The van der Waals surface area contributed by atoms with Crippen LogP contribution in [0.25, 0.3) is 10.9 Å². The van der Waals surface area contributed by atoms with Crippen LogP contribution in [0.15, 0.2) is 30.3 Å². The van der Waals surface area contributed by atoms with Gasteiger partial charge in [0.2, 0.25) is 0 Å². The molecule has 0 amide bonds. The average Bonchev–Trinajstić information content (AvgIpc) is 2.98. The number of aryl methyl sites for hydroxylation is 1. The molecular weight excluding hydrogens is 244 g/mol. The number of para-hydroxylation sites is 1. The van der Waals surface area contributed by atoms with E-state index in [1.807, 2.05) is 0 Å². The van der Waals surface area contributed by atoms with Crippen molar-refractivity contribution in [3.63, 3.8) is 0 Å². The Morgan fingerprint density at radius 3 is 2.80 bits per heavy atom. The largest absolute Gasteiger partial charge is 0.310 e. The van der Waals surface area contributed by atoms with Crippen LogP contribution >= 0.6 is 0 Å². The van der Waals surface area contributed by atoms with Crippen LogP contribution in [0, 0.1) is 12.8 Å². The third kappa shape index (κ3) is 2.85. The van der Waals surface area contributed by atoms with E-state index in [0.717, 1.165) is 23.7 Å². The third-order valence-electron chi connectivity index (χ3n) is 4.65. The molecule has 20 heavy (non-hydrogen) atoms. The molecule has 3 rings (SSSR count). The van der Waals surface area contributed by atoms with E-state index in [9.17, 15) is 0 Å². The van der Waals surface area contributed by atoms with Gasteiger partial charge in [-0.2, -0.15) is 0 Å². The van der Waals surface area contributed by atoms with Crippen LogP contribution in [0.3, 0.4) is 0 Å². The maximum atomic E-state index is 4.61. The van der Waals surface area contributed by atoms with Crippen LogP contribution in [-0.2, 0) is 6.54 Å². The fourth-order valence-corrected chi connectivity index (χ4v) is 3.44. The number of hydrogen-bond acceptors (Lipinski definition) is 2. The summed E-state index contributed by atoms with van der Waals surface area (Å²) in [6, 6.07) is 11.3. The summed E-state index contributed by atoms with van der Waals surface area (Å²) in [4.78, 5) is 4.61. The van der Waals surface area contributed by atoms with Crippen LogP contribution in [0.4, 0.5) is 0 Å². The molecule has 0 aliphatic heterocycles. The van der Waals surface area contributed by atoms with Crippen molar-refractivity contribution in [1.29, 1.82) is 0 Å². The molecule has 2 heteroatoms. The molecule has 1 aliphatic carbocycles. The molecule has 1 fully saturated rings. The molecule has 0 saturated heterocycles. The first-order valence-corrected chi connectivity index (χ1v) is 7.82. The number of pyridine rings is 1. The fourth-order valence-electron chi connectivity index (χ4n) is 3.44. The highest BCUT2D eigenvalue weighted by molar-refractivity contribution is 5.82. The van der Waals surface area contributed by atoms with Crippen LogP contribution in [0.1, 0.15) is 43.9 Å². The van der Waals surface area contributed by atoms with E-state index in [-0.39, 0.29) is 0 Å². The van der Waals surface area contributed by atoms with Gasteiger partial charge < -0.3 is 5.32 Å². The summed E-state index contributed by atoms with van der Waals surface area (Å²) in [6.45, 7) is 5.37. The van der Waals surface area contributed by atoms with Gasteiger partial charge in [0, 0.05) is 23.7 Å². The zero-order valence-electron chi connectivity index (χ0n) is 12.5. The number of nitrogens with zero attached hydrogens (tertiary/aromatic N) is 1. The number of aromatic nitrogens is 1. The van der Waals surface area contributed by atoms with Crippen molar-refractivity contribution in [3.05, 3.63) is 41.6 Å². The Morgan fingerprint density at radius 1 is 1.25 bits per heavy atom. The highest BCUT2D eigenvalue weighted by Crippen LogP contribution is 2.28. The zero-order chi connectivity index (χ0) is 13.9. The maximum Gasteiger partial charge on any atom is 0.0708 e. The number of fused-ring (bicyclic) bond motifs is 1. The SMILES string of the molecule is Cc1cc(CN[C@H](C)C2CCCC2)c2ccccc2n1. The van der Waals surface area contributed by atoms with Gasteiger partial charge in [0.1, 0.15) is 0 Å². The topological polar surface area (TPSA) is 24.9 Å². The van der Waals surface area contributed by atoms with Crippen molar-refractivity contribution in [1.82, 2.24) is 10.3 Å². The first kappa shape index (κ1) is 13.6. The quantitative estimate of drug-likeness (QED) is 0.898. The Hall–Kier alpha value is -1.41. The van der Waals surface area contributed by atoms with E-state index >= 15 is 0 Å². The summed E-state index contributed by atoms with van der Waals surface area (Å²) in [5.74, 6) is 0.865. The van der Waals surface area contributed by atoms with Crippen molar-refractivity contribution in [2.24, 2.45) is 5.92 Å².